The summed E-state index contributed by atoms with van der Waals surface area (Å²) in [7, 11) is -3.37. The summed E-state index contributed by atoms with van der Waals surface area (Å²) < 4.78 is 25.4. The third-order valence-corrected chi connectivity index (χ3v) is 4.59. The van der Waals surface area contributed by atoms with Crippen molar-refractivity contribution in [2.75, 3.05) is 18.3 Å². The van der Waals surface area contributed by atoms with Gasteiger partial charge in [-0.3, -0.25) is 10.4 Å². The van der Waals surface area contributed by atoms with E-state index in [4.69, 9.17) is 10.4 Å². The van der Waals surface area contributed by atoms with Gasteiger partial charge in [-0.15, -0.1) is 5.23 Å². The van der Waals surface area contributed by atoms with E-state index in [9.17, 15) is 8.42 Å². The molecule has 0 aromatic heterocycles. The van der Waals surface area contributed by atoms with Gasteiger partial charge in [0.2, 0.25) is 10.0 Å². The molecular formula is C11H18N2O4S. The maximum absolute atomic E-state index is 12.0. The highest BCUT2D eigenvalue weighted by Crippen LogP contribution is 2.16. The molecule has 0 bridgehead atoms. The SMILES string of the molecule is CCN(CC)S(=O)(=O)Cc1cccc(N(O)O)c1. The van der Waals surface area contributed by atoms with Gasteiger partial charge in [0.1, 0.15) is 0 Å². The molecular weight excluding hydrogens is 256 g/mol. The molecule has 0 saturated heterocycles. The van der Waals surface area contributed by atoms with Crippen LogP contribution >= 0.6 is 0 Å². The largest absolute Gasteiger partial charge is 0.264 e. The summed E-state index contributed by atoms with van der Waals surface area (Å²) in [5, 5.41) is 17.7. The molecule has 6 nitrogen and oxygen atoms in total. The summed E-state index contributed by atoms with van der Waals surface area (Å²) in [6.45, 7) is 4.40. The highest BCUT2D eigenvalue weighted by atomic mass is 32.2. The molecule has 0 spiro atoms. The van der Waals surface area contributed by atoms with Crippen LogP contribution in [0, 0.1) is 0 Å². The van der Waals surface area contributed by atoms with Gasteiger partial charge < -0.3 is 0 Å². The van der Waals surface area contributed by atoms with Crippen LogP contribution in [-0.2, 0) is 15.8 Å². The second-order valence-corrected chi connectivity index (χ2v) is 5.77. The first-order chi connectivity index (χ1) is 8.40. The van der Waals surface area contributed by atoms with E-state index in [1.165, 1.54) is 16.4 Å². The van der Waals surface area contributed by atoms with Gasteiger partial charge in [0.25, 0.3) is 0 Å². The summed E-state index contributed by atoms with van der Waals surface area (Å²) in [4.78, 5) is 0. The van der Waals surface area contributed by atoms with Crippen molar-refractivity contribution in [3.63, 3.8) is 0 Å². The summed E-state index contributed by atoms with van der Waals surface area (Å²) in [5.41, 5.74) is 0.634. The zero-order valence-corrected chi connectivity index (χ0v) is 11.3. The quantitative estimate of drug-likeness (QED) is 0.767. The molecule has 18 heavy (non-hydrogen) atoms. The summed E-state index contributed by atoms with van der Waals surface area (Å²) in [6.07, 6.45) is 0. The van der Waals surface area contributed by atoms with Crippen LogP contribution in [0.15, 0.2) is 24.3 Å². The Morgan fingerprint density at radius 2 is 1.78 bits per heavy atom. The Balaban J connectivity index is 2.94. The summed E-state index contributed by atoms with van der Waals surface area (Å²) >= 11 is 0. The lowest BCUT2D eigenvalue weighted by Gasteiger charge is -2.18. The third kappa shape index (κ3) is 3.67. The fourth-order valence-corrected chi connectivity index (χ4v) is 3.26. The molecule has 1 aromatic carbocycles. The average Bonchev–Trinajstić information content (AvgIpc) is 2.29. The predicted octanol–water partition coefficient (Wildman–Crippen LogP) is 1.44. The molecule has 0 radical (unpaired) electrons. The lowest BCUT2D eigenvalue weighted by molar-refractivity contribution is 0.0291. The average molecular weight is 274 g/mol. The third-order valence-electron chi connectivity index (χ3n) is 2.59. The Labute approximate surface area is 107 Å². The van der Waals surface area contributed by atoms with Gasteiger partial charge in [0.15, 0.2) is 0 Å². The fraction of sp³-hybridized carbons (Fsp3) is 0.455. The Kier molecular flexibility index (Phi) is 5.09. The van der Waals surface area contributed by atoms with Gasteiger partial charge in [-0.2, -0.15) is 0 Å². The van der Waals surface area contributed by atoms with Crippen molar-refractivity contribution >= 4 is 15.7 Å². The van der Waals surface area contributed by atoms with E-state index >= 15 is 0 Å². The maximum Gasteiger partial charge on any atom is 0.218 e. The number of nitrogens with zero attached hydrogens (tertiary/aromatic N) is 2. The van der Waals surface area contributed by atoms with E-state index < -0.39 is 10.0 Å². The lowest BCUT2D eigenvalue weighted by atomic mass is 10.2. The summed E-state index contributed by atoms with van der Waals surface area (Å²) in [5.74, 6) is -0.156. The molecule has 0 fully saturated rings. The zero-order valence-electron chi connectivity index (χ0n) is 10.4. The first-order valence-corrected chi connectivity index (χ1v) is 7.26. The molecule has 0 unspecified atom stereocenters. The maximum atomic E-state index is 12.0. The number of rotatable bonds is 6. The topological polar surface area (TPSA) is 81.1 Å². The molecule has 2 N–H and O–H groups in total. The van der Waals surface area contributed by atoms with Crippen LogP contribution in [-0.4, -0.2) is 36.2 Å². The Morgan fingerprint density at radius 1 is 1.17 bits per heavy atom. The van der Waals surface area contributed by atoms with Crippen LogP contribution in [0.25, 0.3) is 0 Å². The summed E-state index contributed by atoms with van der Waals surface area (Å²) in [6, 6.07) is 6.09. The van der Waals surface area contributed by atoms with Crippen LogP contribution < -0.4 is 5.23 Å². The normalized spacial score (nSPS) is 11.8. The molecule has 0 amide bonds. The van der Waals surface area contributed by atoms with E-state index in [0.29, 0.717) is 18.7 Å². The van der Waals surface area contributed by atoms with Crippen molar-refractivity contribution in [1.82, 2.24) is 4.31 Å². The number of sulfonamides is 1. The highest BCUT2D eigenvalue weighted by Gasteiger charge is 2.19. The Hall–Kier alpha value is -1.15. The molecule has 1 aromatic rings. The molecule has 0 atom stereocenters. The predicted molar refractivity (Wildman–Crippen MR) is 68.0 cm³/mol. The van der Waals surface area contributed by atoms with E-state index in [-0.39, 0.29) is 16.7 Å². The second-order valence-electron chi connectivity index (χ2n) is 3.80. The molecule has 102 valence electrons. The number of hydrogen-bond acceptors (Lipinski definition) is 5. The van der Waals surface area contributed by atoms with Crippen molar-refractivity contribution < 1.29 is 18.8 Å². The van der Waals surface area contributed by atoms with E-state index in [2.05, 4.69) is 0 Å². The van der Waals surface area contributed by atoms with Crippen LogP contribution in [0.4, 0.5) is 5.69 Å². The lowest BCUT2D eigenvalue weighted by Crippen LogP contribution is -2.31. The van der Waals surface area contributed by atoms with Crippen LogP contribution in [0.3, 0.4) is 0 Å². The second kappa shape index (κ2) is 6.14. The Bertz CT molecular complexity index is 484. The molecule has 7 heteroatoms. The van der Waals surface area contributed by atoms with E-state index in [1.807, 2.05) is 0 Å². The van der Waals surface area contributed by atoms with Crippen molar-refractivity contribution in [2.45, 2.75) is 19.6 Å². The van der Waals surface area contributed by atoms with Crippen molar-refractivity contribution in [2.24, 2.45) is 0 Å². The van der Waals surface area contributed by atoms with Crippen LogP contribution in [0.2, 0.25) is 0 Å². The van der Waals surface area contributed by atoms with E-state index in [1.54, 1.807) is 26.0 Å². The molecule has 0 aliphatic carbocycles. The smallest absolute Gasteiger partial charge is 0.218 e. The molecule has 0 aliphatic heterocycles. The van der Waals surface area contributed by atoms with Gasteiger partial charge in [-0.1, -0.05) is 26.0 Å². The van der Waals surface area contributed by atoms with Gasteiger partial charge in [-0.25, -0.2) is 12.7 Å². The zero-order chi connectivity index (χ0) is 13.8. The molecule has 0 aliphatic rings. The van der Waals surface area contributed by atoms with Crippen molar-refractivity contribution in [1.29, 1.82) is 0 Å². The number of benzene rings is 1. The molecule has 1 rings (SSSR count). The first kappa shape index (κ1) is 14.9. The molecule has 0 saturated carbocycles. The van der Waals surface area contributed by atoms with Crippen molar-refractivity contribution in [3.8, 4) is 0 Å². The van der Waals surface area contributed by atoms with Crippen molar-refractivity contribution in [3.05, 3.63) is 29.8 Å². The Morgan fingerprint density at radius 3 is 2.28 bits per heavy atom. The highest BCUT2D eigenvalue weighted by molar-refractivity contribution is 7.88. The van der Waals surface area contributed by atoms with Gasteiger partial charge in [0, 0.05) is 13.1 Å². The van der Waals surface area contributed by atoms with Gasteiger partial charge in [0.05, 0.1) is 11.4 Å². The van der Waals surface area contributed by atoms with Gasteiger partial charge >= 0.3 is 0 Å². The van der Waals surface area contributed by atoms with E-state index in [0.717, 1.165) is 0 Å². The fourth-order valence-electron chi connectivity index (χ4n) is 1.69. The van der Waals surface area contributed by atoms with Gasteiger partial charge in [-0.05, 0) is 17.7 Å². The van der Waals surface area contributed by atoms with Crippen LogP contribution in [0.5, 0.6) is 0 Å². The monoisotopic (exact) mass is 274 g/mol. The first-order valence-electron chi connectivity index (χ1n) is 5.65. The minimum atomic E-state index is -3.37. The van der Waals surface area contributed by atoms with Crippen LogP contribution in [0.1, 0.15) is 19.4 Å². The number of hydrogen-bond donors (Lipinski definition) is 2. The number of anilines is 1. The standard InChI is InChI=1S/C11H18N2O4S/c1-3-12(4-2)18(16,17)9-10-6-5-7-11(8-10)13(14)15/h5-8,14-15H,3-4,9H2,1-2H3. The molecule has 0 heterocycles. The minimum absolute atomic E-state index is 0.0342. The minimum Gasteiger partial charge on any atom is -0.264 e.